The second kappa shape index (κ2) is 8.62. The maximum Gasteiger partial charge on any atom is 0.271 e. The Labute approximate surface area is 198 Å². The number of nitrogens with two attached hydrogens (primary N) is 1. The van der Waals surface area contributed by atoms with Crippen LogP contribution < -0.4 is 15.4 Å². The number of H-pyrrole nitrogens is 1. The lowest BCUT2D eigenvalue weighted by Crippen LogP contribution is -2.46. The molecule has 0 radical (unpaired) electrons. The summed E-state index contributed by atoms with van der Waals surface area (Å²) in [5.74, 6) is 1.14. The number of carbonyl (C=O) groups is 2. The fraction of sp³-hybridized carbons (Fsp3) is 0.440. The molecule has 0 bridgehead atoms. The third-order valence-electron chi connectivity index (χ3n) is 7.49. The van der Waals surface area contributed by atoms with E-state index in [0.29, 0.717) is 61.0 Å². The Kier molecular flexibility index (Phi) is 5.63. The number of ether oxygens (including phenoxy) is 1. The average Bonchev–Trinajstić information content (AvgIpc) is 3.52. The van der Waals surface area contributed by atoms with Crippen LogP contribution in [0.4, 0.5) is 5.69 Å². The minimum absolute atomic E-state index is 0.0353. The highest BCUT2D eigenvalue weighted by atomic mass is 16.5. The lowest BCUT2D eigenvalue weighted by atomic mass is 9.77. The topological polar surface area (TPSA) is 128 Å². The largest absolute Gasteiger partial charge is 0.496 e. The van der Waals surface area contributed by atoms with Crippen molar-refractivity contribution in [2.75, 3.05) is 31.6 Å². The molecule has 2 aromatic rings. The minimum Gasteiger partial charge on any atom is -0.496 e. The van der Waals surface area contributed by atoms with Crippen LogP contribution in [0.3, 0.4) is 0 Å². The molecule has 0 atom stereocenters. The first-order chi connectivity index (χ1) is 16.5. The van der Waals surface area contributed by atoms with Gasteiger partial charge in [0, 0.05) is 60.9 Å². The summed E-state index contributed by atoms with van der Waals surface area (Å²) in [6, 6.07) is 7.41. The summed E-state index contributed by atoms with van der Waals surface area (Å²) in [6.07, 6.45) is 6.91. The number of rotatable bonds is 6. The molecular weight excluding hydrogens is 432 g/mol. The molecule has 34 heavy (non-hydrogen) atoms. The van der Waals surface area contributed by atoms with E-state index in [4.69, 9.17) is 15.9 Å². The Morgan fingerprint density at radius 3 is 2.62 bits per heavy atom. The molecule has 5 rings (SSSR count). The van der Waals surface area contributed by atoms with Gasteiger partial charge in [-0.05, 0) is 50.3 Å². The van der Waals surface area contributed by atoms with Gasteiger partial charge >= 0.3 is 0 Å². The predicted octanol–water partition coefficient (Wildman–Crippen LogP) is 2.90. The van der Waals surface area contributed by atoms with E-state index in [1.54, 1.807) is 7.11 Å². The highest BCUT2D eigenvalue weighted by Gasteiger charge is 2.49. The van der Waals surface area contributed by atoms with Gasteiger partial charge in [-0.3, -0.25) is 14.7 Å². The SMILES string of the molecule is COc1cc(N2CCC3(CCN(C(=O)c4cc(C5CC5)n[nH]4)CC3)C2=O)ccc1/C(C=N)=C/N. The summed E-state index contributed by atoms with van der Waals surface area (Å²) in [4.78, 5) is 30.1. The number of nitrogens with one attached hydrogen (secondary N) is 2. The van der Waals surface area contributed by atoms with Gasteiger partial charge < -0.3 is 25.7 Å². The van der Waals surface area contributed by atoms with E-state index in [2.05, 4.69) is 10.2 Å². The number of anilines is 1. The van der Waals surface area contributed by atoms with E-state index < -0.39 is 5.41 Å². The molecule has 178 valence electrons. The number of nitrogens with zero attached hydrogens (tertiary/aromatic N) is 3. The van der Waals surface area contributed by atoms with Crippen molar-refractivity contribution in [1.82, 2.24) is 15.1 Å². The number of amides is 2. The van der Waals surface area contributed by atoms with Gasteiger partial charge in [0.15, 0.2) is 0 Å². The third-order valence-corrected chi connectivity index (χ3v) is 7.49. The second-order valence-electron chi connectivity index (χ2n) is 9.41. The van der Waals surface area contributed by atoms with Crippen molar-refractivity contribution in [2.24, 2.45) is 11.1 Å². The number of likely N-dealkylation sites (tertiary alicyclic amines) is 1. The van der Waals surface area contributed by atoms with E-state index in [9.17, 15) is 9.59 Å². The number of aromatic nitrogens is 2. The highest BCUT2D eigenvalue weighted by molar-refractivity contribution is 6.09. The average molecular weight is 463 g/mol. The number of allylic oxidation sites excluding steroid dienone is 1. The Hall–Kier alpha value is -3.62. The van der Waals surface area contributed by atoms with Crippen LogP contribution in [-0.4, -0.2) is 59.9 Å². The van der Waals surface area contributed by atoms with Crippen LogP contribution >= 0.6 is 0 Å². The summed E-state index contributed by atoms with van der Waals surface area (Å²) in [7, 11) is 1.56. The first kappa shape index (κ1) is 22.2. The van der Waals surface area contributed by atoms with Gasteiger partial charge in [-0.2, -0.15) is 5.10 Å². The van der Waals surface area contributed by atoms with E-state index in [1.165, 1.54) is 12.4 Å². The number of piperidine rings is 1. The van der Waals surface area contributed by atoms with Crippen molar-refractivity contribution in [3.63, 3.8) is 0 Å². The zero-order valence-electron chi connectivity index (χ0n) is 19.3. The zero-order chi connectivity index (χ0) is 23.9. The van der Waals surface area contributed by atoms with Crippen LogP contribution in [-0.2, 0) is 4.79 Å². The summed E-state index contributed by atoms with van der Waals surface area (Å²) >= 11 is 0. The number of methoxy groups -OCH3 is 1. The van der Waals surface area contributed by atoms with E-state index in [-0.39, 0.29) is 11.8 Å². The molecule has 1 saturated carbocycles. The van der Waals surface area contributed by atoms with Gasteiger partial charge in [0.1, 0.15) is 11.4 Å². The molecule has 3 aliphatic rings. The molecule has 9 heteroatoms. The van der Waals surface area contributed by atoms with Gasteiger partial charge in [-0.1, -0.05) is 0 Å². The molecule has 0 unspecified atom stereocenters. The van der Waals surface area contributed by atoms with Crippen molar-refractivity contribution in [3.05, 3.63) is 47.4 Å². The van der Waals surface area contributed by atoms with Crippen molar-refractivity contribution in [1.29, 1.82) is 5.41 Å². The fourth-order valence-electron chi connectivity index (χ4n) is 5.18. The summed E-state index contributed by atoms with van der Waals surface area (Å²) in [5.41, 5.74) is 8.75. The van der Waals surface area contributed by atoms with Gasteiger partial charge in [0.25, 0.3) is 5.91 Å². The summed E-state index contributed by atoms with van der Waals surface area (Å²) in [5, 5.41) is 14.7. The quantitative estimate of drug-likeness (QED) is 0.569. The standard InChI is InChI=1S/C25H30N6O3/c1-34-22-12-18(4-5-19(22)17(14-26)15-27)31-11-8-25(24(31)33)6-9-30(10-7-25)23(32)21-13-20(28-29-21)16-2-3-16/h4-5,12-16,26H,2-3,6-11,27H2,1H3,(H,28,29)/b17-15+,26-14?. The molecule has 1 spiro atoms. The van der Waals surface area contributed by atoms with Crippen molar-refractivity contribution in [2.45, 2.75) is 38.0 Å². The molecule has 1 aliphatic carbocycles. The molecule has 3 fully saturated rings. The smallest absolute Gasteiger partial charge is 0.271 e. The van der Waals surface area contributed by atoms with Gasteiger partial charge in [0.05, 0.1) is 18.2 Å². The second-order valence-corrected chi connectivity index (χ2v) is 9.41. The Morgan fingerprint density at radius 1 is 1.24 bits per heavy atom. The van der Waals surface area contributed by atoms with Gasteiger partial charge in [-0.25, -0.2) is 0 Å². The molecule has 3 heterocycles. The van der Waals surface area contributed by atoms with Crippen LogP contribution in [0.2, 0.25) is 0 Å². The fourth-order valence-corrected chi connectivity index (χ4v) is 5.18. The Bertz CT molecular complexity index is 1160. The van der Waals surface area contributed by atoms with Crippen LogP contribution in [0.5, 0.6) is 5.75 Å². The van der Waals surface area contributed by atoms with E-state index >= 15 is 0 Å². The van der Waals surface area contributed by atoms with Crippen LogP contribution in [0.15, 0.2) is 30.5 Å². The first-order valence-corrected chi connectivity index (χ1v) is 11.8. The number of benzene rings is 1. The Morgan fingerprint density at radius 2 is 1.97 bits per heavy atom. The number of hydrogen-bond donors (Lipinski definition) is 3. The molecule has 2 saturated heterocycles. The Balaban J connectivity index is 1.27. The molecule has 2 amide bonds. The van der Waals surface area contributed by atoms with Crippen molar-refractivity contribution < 1.29 is 14.3 Å². The monoisotopic (exact) mass is 462 g/mol. The van der Waals surface area contributed by atoms with Crippen LogP contribution in [0.1, 0.15) is 59.8 Å². The molecular formula is C25H30N6O3. The van der Waals surface area contributed by atoms with Crippen LogP contribution in [0.25, 0.3) is 5.57 Å². The van der Waals surface area contributed by atoms with Crippen molar-refractivity contribution in [3.8, 4) is 5.75 Å². The van der Waals surface area contributed by atoms with E-state index in [1.807, 2.05) is 34.1 Å². The normalized spacial score (nSPS) is 20.1. The highest BCUT2D eigenvalue weighted by Crippen LogP contribution is 2.44. The number of aromatic amines is 1. The number of hydrogen-bond acceptors (Lipinski definition) is 6. The third kappa shape index (κ3) is 3.74. The summed E-state index contributed by atoms with van der Waals surface area (Å²) < 4.78 is 5.52. The van der Waals surface area contributed by atoms with Gasteiger partial charge in [0.2, 0.25) is 5.91 Å². The lowest BCUT2D eigenvalue weighted by molar-refractivity contribution is -0.127. The molecule has 4 N–H and O–H groups in total. The zero-order valence-corrected chi connectivity index (χ0v) is 19.3. The first-order valence-electron chi connectivity index (χ1n) is 11.8. The van der Waals surface area contributed by atoms with Gasteiger partial charge in [-0.15, -0.1) is 0 Å². The predicted molar refractivity (Wildman–Crippen MR) is 129 cm³/mol. The molecule has 1 aromatic heterocycles. The van der Waals surface area contributed by atoms with Crippen molar-refractivity contribution >= 4 is 29.3 Å². The number of carbonyl (C=O) groups excluding carboxylic acids is 2. The molecule has 1 aromatic carbocycles. The summed E-state index contributed by atoms with van der Waals surface area (Å²) in [6.45, 7) is 1.75. The maximum atomic E-state index is 13.5. The van der Waals surface area contributed by atoms with E-state index in [0.717, 1.165) is 30.6 Å². The van der Waals surface area contributed by atoms with Crippen LogP contribution in [0, 0.1) is 10.8 Å². The lowest BCUT2D eigenvalue weighted by Gasteiger charge is -2.37. The molecule has 2 aliphatic heterocycles. The molecule has 9 nitrogen and oxygen atoms in total. The minimum atomic E-state index is -0.437. The maximum absolute atomic E-state index is 13.5.